The molecule has 0 atom stereocenters. The number of para-hydroxylation sites is 2. The summed E-state index contributed by atoms with van der Waals surface area (Å²) in [5.74, 6) is 1.65. The van der Waals surface area contributed by atoms with Crippen molar-refractivity contribution in [1.82, 2.24) is 19.5 Å². The summed E-state index contributed by atoms with van der Waals surface area (Å²) in [5.41, 5.74) is 9.76. The van der Waals surface area contributed by atoms with Crippen LogP contribution in [0.3, 0.4) is 0 Å². The smallest absolute Gasteiger partial charge is 0.238 e. The quantitative estimate of drug-likeness (QED) is 0.167. The Morgan fingerprint density at radius 1 is 0.500 bits per heavy atom. The molecule has 0 aliphatic rings. The van der Waals surface area contributed by atoms with E-state index in [2.05, 4.69) is 182 Å². The third kappa shape index (κ3) is 5.46. The van der Waals surface area contributed by atoms with Crippen LogP contribution in [0.4, 0.5) is 0 Å². The van der Waals surface area contributed by atoms with Crippen molar-refractivity contribution in [2.75, 3.05) is 0 Å². The van der Waals surface area contributed by atoms with Crippen LogP contribution >= 0.6 is 11.3 Å². The summed E-state index contributed by atoms with van der Waals surface area (Å²) in [6, 6.07) is 60.1. The second kappa shape index (κ2) is 14.2. The lowest BCUT2D eigenvalue weighted by Crippen LogP contribution is -2.07. The largest absolute Gasteiger partial charge is 0.456 e. The second-order valence-corrected chi connectivity index (χ2v) is 17.4. The van der Waals surface area contributed by atoms with Crippen molar-refractivity contribution in [2.45, 2.75) is 6.92 Å². The lowest BCUT2D eigenvalue weighted by Gasteiger charge is -2.15. The zero-order valence-electron chi connectivity index (χ0n) is 34.7. The minimum Gasteiger partial charge on any atom is -0.456 e. The molecule has 0 bridgehead atoms. The maximum absolute atomic E-state index is 6.43. The first-order valence-corrected chi connectivity index (χ1v) is 22.3. The van der Waals surface area contributed by atoms with Gasteiger partial charge < -0.3 is 4.42 Å². The molecule has 0 amide bonds. The molecule has 0 unspecified atom stereocenters. The van der Waals surface area contributed by atoms with Crippen molar-refractivity contribution >= 4 is 109 Å². The monoisotopic (exact) mass is 836 g/mol. The van der Waals surface area contributed by atoms with Gasteiger partial charge in [-0.2, -0.15) is 9.97 Å². The van der Waals surface area contributed by atoms with Gasteiger partial charge in [0.2, 0.25) is 5.95 Å². The number of aromatic nitrogens is 4. The second-order valence-electron chi connectivity index (χ2n) is 16.3. The zero-order valence-corrected chi connectivity index (χ0v) is 35.5. The lowest BCUT2D eigenvalue weighted by atomic mass is 9.92. The van der Waals surface area contributed by atoms with E-state index in [1.165, 1.54) is 20.2 Å². The molecule has 0 fully saturated rings. The Morgan fingerprint density at radius 3 is 2.02 bits per heavy atom. The van der Waals surface area contributed by atoms with Gasteiger partial charge in [0.15, 0.2) is 11.6 Å². The highest BCUT2D eigenvalue weighted by Crippen LogP contribution is 2.46. The SMILES string of the molecule is C=Cc1c(/C=C\C)c2ccccc2c2c1c1cccc(-c3ccc4sc5ccccc5c4c3)c1n2-c1nc(-c2ccc3ccccc3c2)nc(-c2ccc3c(c2)oc2ccccc23)n1. The molecule has 4 aromatic heterocycles. The molecule has 64 heavy (non-hydrogen) atoms. The lowest BCUT2D eigenvalue weighted by molar-refractivity contribution is 0.669. The number of allylic oxidation sites excluding steroid dienone is 1. The van der Waals surface area contributed by atoms with Crippen LogP contribution in [-0.2, 0) is 0 Å². The van der Waals surface area contributed by atoms with Gasteiger partial charge in [-0.3, -0.25) is 4.57 Å². The molecular weight excluding hydrogens is 801 g/mol. The Labute approximate surface area is 371 Å². The van der Waals surface area contributed by atoms with Gasteiger partial charge >= 0.3 is 0 Å². The van der Waals surface area contributed by atoms with Gasteiger partial charge in [-0.25, -0.2) is 4.98 Å². The number of rotatable bonds is 6. The third-order valence-electron chi connectivity index (χ3n) is 12.7. The number of fused-ring (bicyclic) bond motifs is 12. The minimum atomic E-state index is 0.520. The van der Waals surface area contributed by atoms with Crippen LogP contribution in [0, 0.1) is 0 Å². The summed E-state index contributed by atoms with van der Waals surface area (Å²) < 4.78 is 11.3. The number of nitrogens with zero attached hydrogens (tertiary/aromatic N) is 4. The van der Waals surface area contributed by atoms with Crippen molar-refractivity contribution in [3.63, 3.8) is 0 Å². The molecule has 0 N–H and O–H groups in total. The van der Waals surface area contributed by atoms with E-state index >= 15 is 0 Å². The molecule has 0 aliphatic carbocycles. The number of hydrogen-bond acceptors (Lipinski definition) is 5. The molecule has 13 aromatic rings. The molecule has 0 radical (unpaired) electrons. The van der Waals surface area contributed by atoms with Crippen LogP contribution in [0.15, 0.2) is 187 Å². The minimum absolute atomic E-state index is 0.520. The van der Waals surface area contributed by atoms with Crippen LogP contribution in [-0.4, -0.2) is 19.5 Å². The standard InChI is InChI=1S/C58H36N4OS/c1-3-14-41-39(4-2)53-47-22-13-21-40(36-28-30-52-48(32-36)45-19-10-12-24-51(45)64-52)54(47)62(55(53)46-20-8-7-17-42(41)46)58-60-56(37-26-25-34-15-5-6-16-35(34)31-37)59-57(61-58)38-27-29-44-43-18-9-11-23-49(43)63-50(44)33-38/h3-33H,2H2,1H3/b14-3-. The van der Waals surface area contributed by atoms with Gasteiger partial charge in [-0.15, -0.1) is 11.3 Å². The predicted octanol–water partition coefficient (Wildman–Crippen LogP) is 16.2. The molecule has 13 rings (SSSR count). The normalized spacial score (nSPS) is 12.1. The Hall–Kier alpha value is -8.19. The fourth-order valence-electron chi connectivity index (χ4n) is 9.87. The molecule has 6 heteroatoms. The fraction of sp³-hybridized carbons (Fsp3) is 0.0172. The Balaban J connectivity index is 1.18. The summed E-state index contributed by atoms with van der Waals surface area (Å²) in [7, 11) is 0. The summed E-state index contributed by atoms with van der Waals surface area (Å²) in [4.78, 5) is 16.3. The van der Waals surface area contributed by atoms with Crippen LogP contribution < -0.4 is 0 Å². The van der Waals surface area contributed by atoms with Crippen LogP contribution in [0.25, 0.3) is 137 Å². The summed E-state index contributed by atoms with van der Waals surface area (Å²) in [6.45, 7) is 6.51. The van der Waals surface area contributed by atoms with Gasteiger partial charge in [0.1, 0.15) is 11.2 Å². The molecule has 4 heterocycles. The van der Waals surface area contributed by atoms with Crippen molar-refractivity contribution < 1.29 is 4.42 Å². The number of furan rings is 1. The van der Waals surface area contributed by atoms with Gasteiger partial charge in [0.05, 0.1) is 11.0 Å². The molecule has 5 nitrogen and oxygen atoms in total. The molecule has 0 spiro atoms. The van der Waals surface area contributed by atoms with Gasteiger partial charge in [0.25, 0.3) is 0 Å². The molecule has 300 valence electrons. The van der Waals surface area contributed by atoms with E-state index in [1.807, 2.05) is 35.6 Å². The zero-order chi connectivity index (χ0) is 42.5. The molecule has 0 saturated heterocycles. The van der Waals surface area contributed by atoms with E-state index < -0.39 is 0 Å². The van der Waals surface area contributed by atoms with Crippen molar-refractivity contribution in [3.05, 3.63) is 194 Å². The van der Waals surface area contributed by atoms with E-state index in [9.17, 15) is 0 Å². The van der Waals surface area contributed by atoms with Gasteiger partial charge in [-0.1, -0.05) is 152 Å². The maximum atomic E-state index is 6.43. The molecule has 0 aliphatic heterocycles. The molecule has 0 saturated carbocycles. The molecule has 9 aromatic carbocycles. The van der Waals surface area contributed by atoms with Crippen molar-refractivity contribution in [2.24, 2.45) is 0 Å². The van der Waals surface area contributed by atoms with Crippen molar-refractivity contribution in [1.29, 1.82) is 0 Å². The summed E-state index contributed by atoms with van der Waals surface area (Å²) in [6.07, 6.45) is 6.32. The first kappa shape index (κ1) is 36.5. The average molecular weight is 837 g/mol. The predicted molar refractivity (Wildman–Crippen MR) is 270 cm³/mol. The number of benzene rings is 9. The number of thiophene rings is 1. The Bertz CT molecular complexity index is 4130. The average Bonchev–Trinajstić information content (AvgIpc) is 4.03. The highest BCUT2D eigenvalue weighted by atomic mass is 32.1. The highest BCUT2D eigenvalue weighted by Gasteiger charge is 2.26. The van der Waals surface area contributed by atoms with Gasteiger partial charge in [0, 0.05) is 63.8 Å². The summed E-state index contributed by atoms with van der Waals surface area (Å²) in [5, 5.41) is 11.3. The van der Waals surface area contributed by atoms with E-state index in [-0.39, 0.29) is 0 Å². The van der Waals surface area contributed by atoms with E-state index in [0.29, 0.717) is 17.6 Å². The molecular formula is C58H36N4OS. The highest BCUT2D eigenvalue weighted by molar-refractivity contribution is 7.25. The van der Waals surface area contributed by atoms with E-state index in [1.54, 1.807) is 0 Å². The number of hydrogen-bond donors (Lipinski definition) is 0. The topological polar surface area (TPSA) is 56.7 Å². The van der Waals surface area contributed by atoms with Crippen molar-refractivity contribution in [3.8, 4) is 39.9 Å². The van der Waals surface area contributed by atoms with Crippen LogP contribution in [0.1, 0.15) is 18.1 Å². The van der Waals surface area contributed by atoms with E-state index in [4.69, 9.17) is 19.4 Å². The summed E-state index contributed by atoms with van der Waals surface area (Å²) >= 11 is 1.83. The Morgan fingerprint density at radius 2 is 1.17 bits per heavy atom. The third-order valence-corrected chi connectivity index (χ3v) is 13.9. The Kier molecular flexibility index (Phi) is 8.08. The first-order valence-electron chi connectivity index (χ1n) is 21.5. The van der Waals surface area contributed by atoms with Crippen LogP contribution in [0.5, 0.6) is 0 Å². The fourth-order valence-corrected chi connectivity index (χ4v) is 11.0. The first-order chi connectivity index (χ1) is 31.6. The maximum Gasteiger partial charge on any atom is 0.238 e. The van der Waals surface area contributed by atoms with Gasteiger partial charge in [-0.05, 0) is 82.2 Å². The van der Waals surface area contributed by atoms with E-state index in [0.717, 1.165) is 98.7 Å². The van der Waals surface area contributed by atoms with Crippen LogP contribution in [0.2, 0.25) is 0 Å².